The smallest absolute Gasteiger partial charge is 0.255 e. The molecule has 3 aromatic carbocycles. The van der Waals surface area contributed by atoms with Crippen molar-refractivity contribution in [1.29, 1.82) is 0 Å². The van der Waals surface area contributed by atoms with Crippen molar-refractivity contribution in [2.24, 2.45) is 11.8 Å². The van der Waals surface area contributed by atoms with E-state index in [2.05, 4.69) is 144 Å². The molecule has 0 bridgehead atoms. The van der Waals surface area contributed by atoms with Crippen molar-refractivity contribution >= 4 is 28.1 Å². The van der Waals surface area contributed by atoms with Crippen LogP contribution >= 0.6 is 0 Å². The summed E-state index contributed by atoms with van der Waals surface area (Å²) < 4.78 is 8.50. The summed E-state index contributed by atoms with van der Waals surface area (Å²) in [4.78, 5) is 16.3. The maximum absolute atomic E-state index is 13.6. The molecule has 1 amide bonds. The molecule has 330 valence electrons. The van der Waals surface area contributed by atoms with Gasteiger partial charge in [0, 0.05) is 52.6 Å². The van der Waals surface area contributed by atoms with Crippen molar-refractivity contribution in [2.75, 3.05) is 32.1 Å². The quantitative estimate of drug-likeness (QED) is 0.0852. The third kappa shape index (κ3) is 14.7. The van der Waals surface area contributed by atoms with Gasteiger partial charge in [0.25, 0.3) is 5.91 Å². The number of aromatic nitrogens is 1. The van der Waals surface area contributed by atoms with Gasteiger partial charge in [0.1, 0.15) is 5.75 Å². The lowest BCUT2D eigenvalue weighted by molar-refractivity contribution is 0.102. The molecule has 1 N–H and O–H groups in total. The number of anilines is 1. The van der Waals surface area contributed by atoms with Crippen LogP contribution in [0.5, 0.6) is 5.75 Å². The molecule has 0 saturated carbocycles. The Morgan fingerprint density at radius 2 is 1.55 bits per heavy atom. The molecule has 1 heterocycles. The van der Waals surface area contributed by atoms with Crippen LogP contribution in [-0.2, 0) is 13.0 Å². The first kappa shape index (κ1) is 51.8. The number of amides is 1. The van der Waals surface area contributed by atoms with E-state index in [4.69, 9.17) is 4.74 Å². The molecule has 0 radical (unpaired) electrons. The highest BCUT2D eigenvalue weighted by Gasteiger charge is 2.20. The predicted molar refractivity (Wildman–Crippen MR) is 265 cm³/mol. The number of nitrogens with zero attached hydrogens (tertiary/aromatic N) is 2. The molecule has 60 heavy (non-hydrogen) atoms. The predicted octanol–water partition coefficient (Wildman–Crippen LogP) is 15.4. The number of allylic oxidation sites excluding steroid dienone is 6. The number of ether oxygens (including phenoxy) is 1. The van der Waals surface area contributed by atoms with Gasteiger partial charge in [-0.2, -0.15) is 0 Å². The zero-order valence-electron chi connectivity index (χ0n) is 40.6. The first-order chi connectivity index (χ1) is 29.0. The molecular formula is C55H83N3O2. The average Bonchev–Trinajstić information content (AvgIpc) is 3.50. The van der Waals surface area contributed by atoms with Crippen LogP contribution in [0.2, 0.25) is 0 Å². The molecule has 0 saturated heterocycles. The number of carbonyl (C=O) groups is 1. The Bertz CT molecular complexity index is 1960. The molecule has 0 fully saturated rings. The molecule has 1 aromatic heterocycles. The second kappa shape index (κ2) is 27.5. The van der Waals surface area contributed by atoms with Crippen LogP contribution in [-0.4, -0.2) is 42.1 Å². The number of hydrogen-bond donors (Lipinski definition) is 1. The van der Waals surface area contributed by atoms with Crippen LogP contribution in [0, 0.1) is 25.7 Å². The van der Waals surface area contributed by atoms with E-state index in [0.717, 1.165) is 66.4 Å². The third-order valence-electron chi connectivity index (χ3n) is 11.6. The Kier molecular flexibility index (Phi) is 23.7. The molecule has 5 heteroatoms. The zero-order valence-corrected chi connectivity index (χ0v) is 40.6. The van der Waals surface area contributed by atoms with Crippen molar-refractivity contribution < 1.29 is 9.53 Å². The maximum Gasteiger partial charge on any atom is 0.255 e. The van der Waals surface area contributed by atoms with Gasteiger partial charge in [-0.15, -0.1) is 0 Å². The normalized spacial score (nSPS) is 13.2. The van der Waals surface area contributed by atoms with E-state index in [1.165, 1.54) is 65.6 Å². The SMILES string of the molecule is CC.CC.C\C=C/C(=C\C=C\CC)c1c(OC)cc(NC(=O)c2ccc(Cc3ccc4c(c3)c(C)c(C)n4CC(C)CN(CCC)CCC(C)CC)cc2)cc1C(C)CC. The Balaban J connectivity index is 0.00000301. The van der Waals surface area contributed by atoms with Crippen LogP contribution in [0.3, 0.4) is 0 Å². The molecule has 0 aliphatic heterocycles. The summed E-state index contributed by atoms with van der Waals surface area (Å²) in [6.45, 7) is 35.1. The minimum absolute atomic E-state index is 0.132. The largest absolute Gasteiger partial charge is 0.496 e. The van der Waals surface area contributed by atoms with E-state index < -0.39 is 0 Å². The summed E-state index contributed by atoms with van der Waals surface area (Å²) in [5.41, 5.74) is 11.2. The van der Waals surface area contributed by atoms with E-state index in [9.17, 15) is 4.79 Å². The molecular weight excluding hydrogens is 735 g/mol. The Morgan fingerprint density at radius 1 is 0.867 bits per heavy atom. The van der Waals surface area contributed by atoms with Crippen molar-refractivity contribution in [3.8, 4) is 5.75 Å². The summed E-state index contributed by atoms with van der Waals surface area (Å²) >= 11 is 0. The van der Waals surface area contributed by atoms with Gasteiger partial charge < -0.3 is 19.5 Å². The molecule has 0 aliphatic carbocycles. The van der Waals surface area contributed by atoms with Crippen LogP contribution in [0.1, 0.15) is 165 Å². The van der Waals surface area contributed by atoms with Crippen LogP contribution in [0.4, 0.5) is 5.69 Å². The van der Waals surface area contributed by atoms with Crippen LogP contribution in [0.25, 0.3) is 16.5 Å². The van der Waals surface area contributed by atoms with Crippen LogP contribution < -0.4 is 10.1 Å². The molecule has 5 nitrogen and oxygen atoms in total. The number of aryl methyl sites for hydroxylation is 1. The van der Waals surface area contributed by atoms with E-state index in [1.807, 2.05) is 52.8 Å². The van der Waals surface area contributed by atoms with E-state index in [-0.39, 0.29) is 11.8 Å². The lowest BCUT2D eigenvalue weighted by atomic mass is 9.88. The average molecular weight is 818 g/mol. The number of hydrogen-bond acceptors (Lipinski definition) is 3. The maximum atomic E-state index is 13.6. The van der Waals surface area contributed by atoms with E-state index >= 15 is 0 Å². The Hall–Kier alpha value is -4.35. The highest BCUT2D eigenvalue weighted by atomic mass is 16.5. The summed E-state index contributed by atoms with van der Waals surface area (Å²) in [6, 6.07) is 19.1. The molecule has 4 rings (SSSR count). The van der Waals surface area contributed by atoms with Crippen molar-refractivity contribution in [2.45, 2.75) is 148 Å². The fraction of sp³-hybridized carbons (Fsp3) is 0.509. The Morgan fingerprint density at radius 3 is 2.15 bits per heavy atom. The van der Waals surface area contributed by atoms with Crippen molar-refractivity contribution in [3.05, 3.63) is 124 Å². The number of fused-ring (bicyclic) bond motifs is 1. The van der Waals surface area contributed by atoms with Gasteiger partial charge in [-0.05, 0) is 142 Å². The van der Waals surface area contributed by atoms with Crippen molar-refractivity contribution in [1.82, 2.24) is 9.47 Å². The number of nitrogens with one attached hydrogen (secondary N) is 1. The van der Waals surface area contributed by atoms with Gasteiger partial charge in [0.05, 0.1) is 7.11 Å². The van der Waals surface area contributed by atoms with Gasteiger partial charge in [-0.3, -0.25) is 4.79 Å². The Labute approximate surface area is 367 Å². The zero-order chi connectivity index (χ0) is 44.8. The van der Waals surface area contributed by atoms with Gasteiger partial charge >= 0.3 is 0 Å². The number of rotatable bonds is 21. The summed E-state index contributed by atoms with van der Waals surface area (Å²) in [5, 5.41) is 4.52. The minimum Gasteiger partial charge on any atom is -0.496 e. The first-order valence-corrected chi connectivity index (χ1v) is 23.4. The third-order valence-corrected chi connectivity index (χ3v) is 11.6. The monoisotopic (exact) mass is 818 g/mol. The summed E-state index contributed by atoms with van der Waals surface area (Å²) in [7, 11) is 1.70. The standard InChI is InChI=1S/C51H71N3O2.2C2H6/c1-12-17-18-20-43(19-13-2)50-46(38(8)16-5)32-45(33-49(50)56-11)52-51(55)44-24-21-41(22-25-44)30-42-23-26-48-47(31-42)39(9)40(10)54(48)35-37(7)34-53(28-14-3)29-27-36(6)15-4;2*1-2/h13,17-26,31-33,36-38H,12,14-16,27-30,34-35H2,1-11H3,(H,52,55);2*1-2H3/b18-17+,19-13-,43-20+;;. The topological polar surface area (TPSA) is 46.5 Å². The highest BCUT2D eigenvalue weighted by molar-refractivity contribution is 6.04. The number of benzene rings is 3. The van der Waals surface area contributed by atoms with Gasteiger partial charge in [-0.25, -0.2) is 0 Å². The molecule has 3 unspecified atom stereocenters. The van der Waals surface area contributed by atoms with Crippen LogP contribution in [0.15, 0.2) is 85.0 Å². The lowest BCUT2D eigenvalue weighted by Crippen LogP contribution is -2.32. The summed E-state index contributed by atoms with van der Waals surface area (Å²) in [6.07, 6.45) is 17.1. The second-order valence-corrected chi connectivity index (χ2v) is 16.1. The molecule has 3 atom stereocenters. The second-order valence-electron chi connectivity index (χ2n) is 16.1. The molecule has 0 spiro atoms. The fourth-order valence-corrected chi connectivity index (χ4v) is 7.78. The van der Waals surface area contributed by atoms with Crippen molar-refractivity contribution in [3.63, 3.8) is 0 Å². The molecule has 4 aromatic rings. The van der Waals surface area contributed by atoms with E-state index in [1.54, 1.807) is 7.11 Å². The number of carbonyl (C=O) groups excluding carboxylic acids is 1. The van der Waals surface area contributed by atoms with E-state index in [0.29, 0.717) is 11.5 Å². The van der Waals surface area contributed by atoms with Gasteiger partial charge in [-0.1, -0.05) is 131 Å². The first-order valence-electron chi connectivity index (χ1n) is 23.4. The molecule has 0 aliphatic rings. The van der Waals surface area contributed by atoms with Gasteiger partial charge in [0.15, 0.2) is 0 Å². The van der Waals surface area contributed by atoms with Gasteiger partial charge in [0.2, 0.25) is 0 Å². The fourth-order valence-electron chi connectivity index (χ4n) is 7.78. The highest BCUT2D eigenvalue weighted by Crippen LogP contribution is 2.39. The minimum atomic E-state index is -0.132. The summed E-state index contributed by atoms with van der Waals surface area (Å²) in [5.74, 6) is 2.25. The lowest BCUT2D eigenvalue weighted by Gasteiger charge is -2.27. The number of methoxy groups -OCH3 is 1.